The molecule has 0 amide bonds. The van der Waals surface area contributed by atoms with Gasteiger partial charge in [-0.3, -0.25) is 4.57 Å². The van der Waals surface area contributed by atoms with Crippen LogP contribution in [0.5, 0.6) is 0 Å². The third kappa shape index (κ3) is 4.31. The molecule has 0 spiro atoms. The highest BCUT2D eigenvalue weighted by Gasteiger charge is 2.46. The monoisotopic (exact) mass is 676 g/mol. The highest BCUT2D eigenvalue weighted by molar-refractivity contribution is 6.10. The van der Waals surface area contributed by atoms with Crippen molar-refractivity contribution in [2.45, 2.75) is 5.41 Å². The van der Waals surface area contributed by atoms with Crippen molar-refractivity contribution in [1.29, 1.82) is 0 Å². The number of para-hydroxylation sites is 4. The van der Waals surface area contributed by atoms with E-state index in [-0.39, 0.29) is 0 Å². The molecule has 0 N–H and O–H groups in total. The quantitative estimate of drug-likeness (QED) is 0.182. The van der Waals surface area contributed by atoms with Crippen molar-refractivity contribution in [1.82, 2.24) is 9.55 Å². The standard InChI is InChI=1S/C50H32N2O/c1-3-14-35(15-4-1)50(43-22-9-7-18-39(43)40-19-8-10-23-44(40)50)36-30-31-47-42(32-36)41-21-13-20-38(48(41)53-47)33-26-28-34(29-27-33)49-51-45-24-11-12-25-46(45)52(49)37-16-5-2-6-17-37/h1-32H. The molecule has 53 heavy (non-hydrogen) atoms. The van der Waals surface area contributed by atoms with Crippen molar-refractivity contribution < 1.29 is 4.42 Å². The summed E-state index contributed by atoms with van der Waals surface area (Å²) in [6.45, 7) is 0. The number of hydrogen-bond donors (Lipinski definition) is 0. The number of rotatable bonds is 5. The second-order valence-corrected chi connectivity index (χ2v) is 13.9. The molecule has 248 valence electrons. The first kappa shape index (κ1) is 29.7. The topological polar surface area (TPSA) is 31.0 Å². The normalized spacial score (nSPS) is 13.1. The molecule has 1 aliphatic carbocycles. The Morgan fingerprint density at radius 1 is 0.453 bits per heavy atom. The minimum absolute atomic E-state index is 0.462. The van der Waals surface area contributed by atoms with Gasteiger partial charge in [-0.25, -0.2) is 4.98 Å². The van der Waals surface area contributed by atoms with Crippen LogP contribution in [0.25, 0.3) is 72.3 Å². The first-order valence-corrected chi connectivity index (χ1v) is 18.1. The fourth-order valence-electron chi connectivity index (χ4n) is 8.83. The highest BCUT2D eigenvalue weighted by Crippen LogP contribution is 2.56. The zero-order chi connectivity index (χ0) is 34.9. The van der Waals surface area contributed by atoms with E-state index < -0.39 is 5.41 Å². The molecule has 2 heterocycles. The third-order valence-corrected chi connectivity index (χ3v) is 11.1. The Hall–Kier alpha value is -6.97. The van der Waals surface area contributed by atoms with Gasteiger partial charge >= 0.3 is 0 Å². The molecule has 0 unspecified atom stereocenters. The molecule has 0 fully saturated rings. The Morgan fingerprint density at radius 3 is 1.83 bits per heavy atom. The first-order chi connectivity index (χ1) is 26.3. The molecule has 3 heteroatoms. The third-order valence-electron chi connectivity index (χ3n) is 11.1. The van der Waals surface area contributed by atoms with Gasteiger partial charge in [0.15, 0.2) is 0 Å². The summed E-state index contributed by atoms with van der Waals surface area (Å²) in [7, 11) is 0. The van der Waals surface area contributed by atoms with Crippen LogP contribution in [0.1, 0.15) is 22.3 Å². The van der Waals surface area contributed by atoms with E-state index in [4.69, 9.17) is 9.40 Å². The Balaban J connectivity index is 1.06. The van der Waals surface area contributed by atoms with Gasteiger partial charge in [0.25, 0.3) is 0 Å². The van der Waals surface area contributed by atoms with Crippen LogP contribution in [0.3, 0.4) is 0 Å². The lowest BCUT2D eigenvalue weighted by Gasteiger charge is -2.33. The average Bonchev–Trinajstić information content (AvgIpc) is 3.90. The van der Waals surface area contributed by atoms with Gasteiger partial charge in [-0.05, 0) is 75.3 Å². The van der Waals surface area contributed by atoms with Gasteiger partial charge < -0.3 is 4.42 Å². The fraction of sp³-hybridized carbons (Fsp3) is 0.0200. The van der Waals surface area contributed by atoms with Gasteiger partial charge in [0.05, 0.1) is 16.4 Å². The van der Waals surface area contributed by atoms with Crippen molar-refractivity contribution in [2.24, 2.45) is 0 Å². The molecule has 1 aliphatic rings. The van der Waals surface area contributed by atoms with Crippen LogP contribution in [0.4, 0.5) is 0 Å². The van der Waals surface area contributed by atoms with Crippen LogP contribution in [0.2, 0.25) is 0 Å². The molecule has 0 radical (unpaired) electrons. The minimum atomic E-state index is -0.462. The second kappa shape index (κ2) is 11.5. The summed E-state index contributed by atoms with van der Waals surface area (Å²) in [6, 6.07) is 69.5. The average molecular weight is 677 g/mol. The van der Waals surface area contributed by atoms with Crippen molar-refractivity contribution in [3.8, 4) is 39.3 Å². The van der Waals surface area contributed by atoms with Gasteiger partial charge in [0.2, 0.25) is 0 Å². The maximum absolute atomic E-state index is 6.75. The van der Waals surface area contributed by atoms with Gasteiger partial charge in [0, 0.05) is 27.6 Å². The van der Waals surface area contributed by atoms with E-state index in [0.29, 0.717) is 0 Å². The van der Waals surface area contributed by atoms with Gasteiger partial charge in [-0.1, -0.05) is 158 Å². The second-order valence-electron chi connectivity index (χ2n) is 13.9. The lowest BCUT2D eigenvalue weighted by molar-refractivity contribution is 0.669. The van der Waals surface area contributed by atoms with Gasteiger partial charge in [0.1, 0.15) is 17.0 Å². The molecule has 8 aromatic carbocycles. The number of imidazole rings is 1. The lowest BCUT2D eigenvalue weighted by Crippen LogP contribution is -2.28. The maximum Gasteiger partial charge on any atom is 0.145 e. The number of fused-ring (bicyclic) bond motifs is 7. The highest BCUT2D eigenvalue weighted by atomic mass is 16.3. The zero-order valence-electron chi connectivity index (χ0n) is 28.8. The summed E-state index contributed by atoms with van der Waals surface area (Å²) >= 11 is 0. The molecule has 10 aromatic rings. The number of hydrogen-bond acceptors (Lipinski definition) is 2. The van der Waals surface area contributed by atoms with Crippen molar-refractivity contribution in [2.75, 3.05) is 0 Å². The summed E-state index contributed by atoms with van der Waals surface area (Å²) in [6.07, 6.45) is 0. The number of nitrogens with zero attached hydrogens (tertiary/aromatic N) is 2. The van der Waals surface area contributed by atoms with Crippen molar-refractivity contribution >= 4 is 33.0 Å². The van der Waals surface area contributed by atoms with E-state index >= 15 is 0 Å². The predicted molar refractivity (Wildman–Crippen MR) is 217 cm³/mol. The Kier molecular flexibility index (Phi) is 6.47. The van der Waals surface area contributed by atoms with Gasteiger partial charge in [-0.2, -0.15) is 0 Å². The first-order valence-electron chi connectivity index (χ1n) is 18.1. The molecule has 0 aliphatic heterocycles. The number of benzene rings is 8. The molecule has 3 nitrogen and oxygen atoms in total. The van der Waals surface area contributed by atoms with E-state index in [9.17, 15) is 0 Å². The van der Waals surface area contributed by atoms with Crippen molar-refractivity contribution in [3.63, 3.8) is 0 Å². The van der Waals surface area contributed by atoms with Crippen LogP contribution < -0.4 is 0 Å². The summed E-state index contributed by atoms with van der Waals surface area (Å²) in [5, 5.41) is 2.22. The largest absolute Gasteiger partial charge is 0.455 e. The molecule has 11 rings (SSSR count). The van der Waals surface area contributed by atoms with Crippen LogP contribution in [-0.2, 0) is 5.41 Å². The lowest BCUT2D eigenvalue weighted by atomic mass is 9.67. The number of aromatic nitrogens is 2. The predicted octanol–water partition coefficient (Wildman–Crippen LogP) is 12.6. The van der Waals surface area contributed by atoms with Crippen LogP contribution in [0.15, 0.2) is 199 Å². The van der Waals surface area contributed by atoms with E-state index in [1.54, 1.807) is 0 Å². The zero-order valence-corrected chi connectivity index (χ0v) is 28.8. The summed E-state index contributed by atoms with van der Waals surface area (Å²) in [5.74, 6) is 0.917. The van der Waals surface area contributed by atoms with E-state index in [1.807, 2.05) is 12.1 Å². The molecule has 0 bridgehead atoms. The van der Waals surface area contributed by atoms with Crippen LogP contribution in [0, 0.1) is 0 Å². The van der Waals surface area contributed by atoms with E-state index in [0.717, 1.165) is 61.2 Å². The SMILES string of the molecule is c1ccc(-n2c(-c3ccc(-c4cccc5c4oc4ccc(C6(c7ccccc7)c7ccccc7-c7ccccc76)cc45)cc3)nc3ccccc32)cc1. The molecule has 0 saturated heterocycles. The maximum atomic E-state index is 6.75. The summed E-state index contributed by atoms with van der Waals surface area (Å²) in [4.78, 5) is 5.08. The molecule has 2 aromatic heterocycles. The smallest absolute Gasteiger partial charge is 0.145 e. The number of furan rings is 1. The molecular weight excluding hydrogens is 645 g/mol. The van der Waals surface area contributed by atoms with Gasteiger partial charge in [-0.15, -0.1) is 0 Å². The molecule has 0 atom stereocenters. The van der Waals surface area contributed by atoms with E-state index in [1.165, 1.54) is 33.4 Å². The summed E-state index contributed by atoms with van der Waals surface area (Å²) in [5.41, 5.74) is 15.3. The van der Waals surface area contributed by atoms with Crippen LogP contribution in [-0.4, -0.2) is 9.55 Å². The summed E-state index contributed by atoms with van der Waals surface area (Å²) < 4.78 is 8.99. The van der Waals surface area contributed by atoms with E-state index in [2.05, 4.69) is 187 Å². The Bertz CT molecular complexity index is 2940. The van der Waals surface area contributed by atoms with Crippen LogP contribution >= 0.6 is 0 Å². The molecule has 0 saturated carbocycles. The Labute approximate surface area is 307 Å². The minimum Gasteiger partial charge on any atom is -0.455 e. The Morgan fingerprint density at radius 2 is 1.08 bits per heavy atom. The van der Waals surface area contributed by atoms with Crippen molar-refractivity contribution in [3.05, 3.63) is 216 Å². The fourth-order valence-corrected chi connectivity index (χ4v) is 8.83. The molecular formula is C50H32N2O.